The van der Waals surface area contributed by atoms with Gasteiger partial charge in [-0.1, -0.05) is 6.07 Å². The van der Waals surface area contributed by atoms with Gasteiger partial charge in [-0.25, -0.2) is 4.39 Å². The first-order valence-corrected chi connectivity index (χ1v) is 4.68. The first kappa shape index (κ1) is 10.5. The lowest BCUT2D eigenvalue weighted by molar-refractivity contribution is -0.385. The van der Waals surface area contributed by atoms with Crippen LogP contribution >= 0.6 is 0 Å². The van der Waals surface area contributed by atoms with Crippen LogP contribution in [0.25, 0.3) is 0 Å². The van der Waals surface area contributed by atoms with Crippen LogP contribution in [0, 0.1) is 21.8 Å². The van der Waals surface area contributed by atoms with E-state index in [4.69, 9.17) is 5.11 Å². The number of benzene rings is 1. The van der Waals surface area contributed by atoms with E-state index in [1.807, 2.05) is 0 Å². The molecule has 6 heteroatoms. The van der Waals surface area contributed by atoms with Gasteiger partial charge < -0.3 is 5.11 Å². The van der Waals surface area contributed by atoms with Crippen LogP contribution in [-0.2, 0) is 4.79 Å². The third kappa shape index (κ3) is 1.62. The second kappa shape index (κ2) is 3.55. The van der Waals surface area contributed by atoms with Gasteiger partial charge in [0.15, 0.2) is 0 Å². The van der Waals surface area contributed by atoms with Gasteiger partial charge in [0.1, 0.15) is 5.82 Å². The highest BCUT2D eigenvalue weighted by molar-refractivity contribution is 5.76. The van der Waals surface area contributed by atoms with Crippen molar-refractivity contribution >= 4 is 11.7 Å². The van der Waals surface area contributed by atoms with E-state index in [1.165, 1.54) is 12.1 Å². The highest BCUT2D eigenvalue weighted by Gasteiger charge is 2.48. The van der Waals surface area contributed by atoms with Crippen LogP contribution in [0.5, 0.6) is 0 Å². The molecule has 0 radical (unpaired) electrons. The highest BCUT2D eigenvalue weighted by Crippen LogP contribution is 2.51. The summed E-state index contributed by atoms with van der Waals surface area (Å²) in [7, 11) is 0. The molecule has 1 aliphatic carbocycles. The normalized spacial score (nSPS) is 22.8. The van der Waals surface area contributed by atoms with E-state index < -0.39 is 28.5 Å². The Morgan fingerprint density at radius 1 is 1.56 bits per heavy atom. The number of hydrogen-bond acceptors (Lipinski definition) is 3. The maximum Gasteiger partial charge on any atom is 0.307 e. The molecule has 0 aliphatic heterocycles. The smallest absolute Gasteiger partial charge is 0.307 e. The molecule has 1 aromatic carbocycles. The molecule has 1 saturated carbocycles. The van der Waals surface area contributed by atoms with Crippen LogP contribution in [0.2, 0.25) is 0 Å². The van der Waals surface area contributed by atoms with Crippen molar-refractivity contribution in [3.05, 3.63) is 39.7 Å². The van der Waals surface area contributed by atoms with Gasteiger partial charge in [-0.2, -0.15) is 0 Å². The van der Waals surface area contributed by atoms with Crippen molar-refractivity contribution in [2.45, 2.75) is 12.3 Å². The quantitative estimate of drug-likeness (QED) is 0.629. The van der Waals surface area contributed by atoms with Gasteiger partial charge in [-0.05, 0) is 12.5 Å². The SMILES string of the molecule is O=C(O)[C@@H]1C[C@H]1c1c(F)cccc1[N+](=O)[O-]. The molecule has 0 bridgehead atoms. The van der Waals surface area contributed by atoms with E-state index in [-0.39, 0.29) is 17.7 Å². The zero-order chi connectivity index (χ0) is 11.9. The second-order valence-corrected chi connectivity index (χ2v) is 3.72. The zero-order valence-corrected chi connectivity index (χ0v) is 8.09. The Bertz CT molecular complexity index is 474. The molecular formula is C10H8FNO4. The van der Waals surface area contributed by atoms with Crippen LogP contribution in [-0.4, -0.2) is 16.0 Å². The molecule has 2 rings (SSSR count). The fourth-order valence-corrected chi connectivity index (χ4v) is 1.84. The number of rotatable bonds is 3. The van der Waals surface area contributed by atoms with Gasteiger partial charge in [0, 0.05) is 12.0 Å². The van der Waals surface area contributed by atoms with Crippen LogP contribution in [0.3, 0.4) is 0 Å². The summed E-state index contributed by atoms with van der Waals surface area (Å²) in [5.74, 6) is -3.01. The molecule has 0 unspecified atom stereocenters. The van der Waals surface area contributed by atoms with Crippen molar-refractivity contribution in [1.29, 1.82) is 0 Å². The Labute approximate surface area is 89.7 Å². The van der Waals surface area contributed by atoms with Crippen molar-refractivity contribution < 1.29 is 19.2 Å². The number of nitrogens with zero attached hydrogens (tertiary/aromatic N) is 1. The molecule has 1 N–H and O–H groups in total. The van der Waals surface area contributed by atoms with Crippen molar-refractivity contribution in [1.82, 2.24) is 0 Å². The predicted molar refractivity (Wildman–Crippen MR) is 51.5 cm³/mol. The minimum absolute atomic E-state index is 0.0834. The summed E-state index contributed by atoms with van der Waals surface area (Å²) in [6.45, 7) is 0. The molecule has 1 fully saturated rings. The van der Waals surface area contributed by atoms with E-state index in [0.29, 0.717) is 0 Å². The Balaban J connectivity index is 2.41. The number of carboxylic acid groups (broad SMARTS) is 1. The summed E-state index contributed by atoms with van der Waals surface area (Å²) in [4.78, 5) is 20.6. The molecule has 0 heterocycles. The molecular weight excluding hydrogens is 217 g/mol. The van der Waals surface area contributed by atoms with Crippen LogP contribution in [0.15, 0.2) is 18.2 Å². The minimum Gasteiger partial charge on any atom is -0.481 e. The van der Waals surface area contributed by atoms with E-state index in [0.717, 1.165) is 6.07 Å². The van der Waals surface area contributed by atoms with E-state index in [1.54, 1.807) is 0 Å². The first-order valence-electron chi connectivity index (χ1n) is 4.68. The number of nitro groups is 1. The molecule has 0 spiro atoms. The van der Waals surface area contributed by atoms with Gasteiger partial charge in [-0.15, -0.1) is 0 Å². The molecule has 1 aliphatic rings. The topological polar surface area (TPSA) is 80.4 Å². The summed E-state index contributed by atoms with van der Waals surface area (Å²) in [5, 5.41) is 19.4. The number of nitro benzene ring substituents is 1. The van der Waals surface area contributed by atoms with E-state index in [9.17, 15) is 19.3 Å². The fraction of sp³-hybridized carbons (Fsp3) is 0.300. The summed E-state index contributed by atoms with van der Waals surface area (Å²) < 4.78 is 13.4. The molecule has 5 nitrogen and oxygen atoms in total. The number of aliphatic carboxylic acids is 1. The van der Waals surface area contributed by atoms with Gasteiger partial charge in [0.05, 0.1) is 16.4 Å². The lowest BCUT2D eigenvalue weighted by atomic mass is 10.1. The lowest BCUT2D eigenvalue weighted by Gasteiger charge is -2.02. The van der Waals surface area contributed by atoms with E-state index >= 15 is 0 Å². The van der Waals surface area contributed by atoms with Crippen LogP contribution in [0.1, 0.15) is 17.9 Å². The van der Waals surface area contributed by atoms with Gasteiger partial charge >= 0.3 is 5.97 Å². The average Bonchev–Trinajstić information content (AvgIpc) is 2.96. The van der Waals surface area contributed by atoms with Gasteiger partial charge in [0.2, 0.25) is 0 Å². The fourth-order valence-electron chi connectivity index (χ4n) is 1.84. The third-order valence-electron chi connectivity index (χ3n) is 2.71. The summed E-state index contributed by atoms with van der Waals surface area (Å²) in [6.07, 6.45) is 0.261. The second-order valence-electron chi connectivity index (χ2n) is 3.72. The standard InChI is InChI=1S/C10H8FNO4/c11-7-2-1-3-8(12(15)16)9(7)5-4-6(5)10(13)14/h1-3,5-6H,4H2,(H,13,14)/t5-,6-/m1/s1. The zero-order valence-electron chi connectivity index (χ0n) is 8.09. The average molecular weight is 225 g/mol. The monoisotopic (exact) mass is 225 g/mol. The van der Waals surface area contributed by atoms with Gasteiger partial charge in [0.25, 0.3) is 5.69 Å². The highest BCUT2D eigenvalue weighted by atomic mass is 19.1. The molecule has 84 valence electrons. The lowest BCUT2D eigenvalue weighted by Crippen LogP contribution is -2.02. The van der Waals surface area contributed by atoms with Crippen LogP contribution < -0.4 is 0 Å². The van der Waals surface area contributed by atoms with Gasteiger partial charge in [-0.3, -0.25) is 14.9 Å². The number of halogens is 1. The largest absolute Gasteiger partial charge is 0.481 e. The van der Waals surface area contributed by atoms with Crippen molar-refractivity contribution in [2.75, 3.05) is 0 Å². The minimum atomic E-state index is -1.04. The summed E-state index contributed by atoms with van der Waals surface area (Å²) in [5.41, 5.74) is -0.423. The molecule has 0 saturated heterocycles. The first-order chi connectivity index (χ1) is 7.52. The molecule has 16 heavy (non-hydrogen) atoms. The molecule has 1 aromatic rings. The summed E-state index contributed by atoms with van der Waals surface area (Å²) >= 11 is 0. The third-order valence-corrected chi connectivity index (χ3v) is 2.71. The Hall–Kier alpha value is -1.98. The number of carbonyl (C=O) groups is 1. The maximum absolute atomic E-state index is 13.4. The molecule has 0 amide bonds. The number of carboxylic acids is 1. The van der Waals surface area contributed by atoms with Crippen molar-refractivity contribution in [3.8, 4) is 0 Å². The Morgan fingerprint density at radius 3 is 2.75 bits per heavy atom. The number of hydrogen-bond donors (Lipinski definition) is 1. The summed E-state index contributed by atoms with van der Waals surface area (Å²) in [6, 6.07) is 3.55. The molecule has 0 aromatic heterocycles. The predicted octanol–water partition coefficient (Wildman–Crippen LogP) is 1.92. The van der Waals surface area contributed by atoms with E-state index in [2.05, 4.69) is 0 Å². The molecule has 2 atom stereocenters. The Kier molecular flexibility index (Phi) is 2.34. The maximum atomic E-state index is 13.4. The van der Waals surface area contributed by atoms with Crippen molar-refractivity contribution in [3.63, 3.8) is 0 Å². The Morgan fingerprint density at radius 2 is 2.25 bits per heavy atom. The van der Waals surface area contributed by atoms with Crippen LogP contribution in [0.4, 0.5) is 10.1 Å². The van der Waals surface area contributed by atoms with Crippen molar-refractivity contribution in [2.24, 2.45) is 5.92 Å².